The number of nitrogens with two attached hydrogens (primary N) is 2. The Kier molecular flexibility index (Phi) is 21.8. The molecule has 0 aliphatic carbocycles. The van der Waals surface area contributed by atoms with Crippen molar-refractivity contribution in [3.8, 4) is 11.1 Å². The molecule has 0 heterocycles. The van der Waals surface area contributed by atoms with Gasteiger partial charge in [0.05, 0.1) is 0 Å². The second kappa shape index (κ2) is 28.9. The fourth-order valence-electron chi connectivity index (χ4n) is 11.8. The molecule has 0 amide bonds. The van der Waals surface area contributed by atoms with Crippen molar-refractivity contribution in [2.45, 2.75) is 119 Å². The molecule has 4 nitrogen and oxygen atoms in total. The third-order valence-corrected chi connectivity index (χ3v) is 27.1. The van der Waals surface area contributed by atoms with Crippen LogP contribution in [0, 0.1) is 0 Å². The number of anilines is 2. The van der Waals surface area contributed by atoms with Crippen molar-refractivity contribution < 1.29 is 10.0 Å². The highest BCUT2D eigenvalue weighted by Gasteiger charge is 2.43. The Hall–Kier alpha value is -7.30. The molecule has 0 fully saturated rings. The largest absolute Gasteiger partial charge is 0.488 e. The van der Waals surface area contributed by atoms with Crippen LogP contribution < -0.4 is 58.4 Å². The first-order valence-corrected chi connectivity index (χ1v) is 35.5. The monoisotopic (exact) mass is 1230 g/mol. The Morgan fingerprint density at radius 3 is 0.802 bits per heavy atom. The summed E-state index contributed by atoms with van der Waals surface area (Å²) in [7, 11) is -6.64. The van der Waals surface area contributed by atoms with Crippen LogP contribution in [0.1, 0.15) is 152 Å². The molecule has 86 heavy (non-hydrogen) atoms. The van der Waals surface area contributed by atoms with Crippen molar-refractivity contribution in [3.05, 3.63) is 281 Å². The first kappa shape index (κ1) is 64.7. The highest BCUT2D eigenvalue weighted by Crippen LogP contribution is 2.25. The summed E-state index contributed by atoms with van der Waals surface area (Å²) < 4.78 is 1.13. The SMILES string of the molecule is CC(C)c1ccc([Si](c2ccc(C(C)C)cc2)(c2ccc(C(C)C)cc2)c2cccc(-c3cccc(N)c3)c2)cc1.CC(C)c1ccc([Si](c2ccc(C(C)C)cc2)(c2ccc(C(C)C)cc2)c2cccc(Br)c2)cc1.Nc1cccc(B(O)O)c1. The van der Waals surface area contributed by atoms with Crippen molar-refractivity contribution in [2.24, 2.45) is 0 Å². The summed E-state index contributed by atoms with van der Waals surface area (Å²) in [5.74, 6) is 3.01. The molecule has 0 atom stereocenters. The Bertz CT molecular complexity index is 3520. The van der Waals surface area contributed by atoms with E-state index < -0.39 is 23.3 Å². The molecule has 6 N–H and O–H groups in total. The Morgan fingerprint density at radius 2 is 0.547 bits per heavy atom. The van der Waals surface area contributed by atoms with Crippen molar-refractivity contribution in [1.29, 1.82) is 0 Å². The number of nitrogen functional groups attached to an aromatic ring is 2. The number of hydrogen-bond donors (Lipinski definition) is 4. The summed E-state index contributed by atoms with van der Waals surface area (Å²) >= 11 is 3.79. The lowest BCUT2D eigenvalue weighted by Crippen LogP contribution is -2.74. The van der Waals surface area contributed by atoms with Gasteiger partial charge in [0.2, 0.25) is 0 Å². The summed E-state index contributed by atoms with van der Waals surface area (Å²) in [5, 5.41) is 28.6. The van der Waals surface area contributed by atoms with Crippen molar-refractivity contribution in [3.63, 3.8) is 0 Å². The van der Waals surface area contributed by atoms with Crippen LogP contribution in [0.2, 0.25) is 0 Å². The van der Waals surface area contributed by atoms with E-state index in [4.69, 9.17) is 21.5 Å². The van der Waals surface area contributed by atoms with Crippen LogP contribution in [0.25, 0.3) is 11.1 Å². The van der Waals surface area contributed by atoms with E-state index in [-0.39, 0.29) is 0 Å². The van der Waals surface area contributed by atoms with E-state index in [1.165, 1.54) is 86.5 Å². The fourth-order valence-corrected chi connectivity index (χ4v) is 21.8. The minimum Gasteiger partial charge on any atom is -0.423 e. The normalized spacial score (nSPS) is 11.7. The molecule has 0 aromatic heterocycles. The predicted octanol–water partition coefficient (Wildman–Crippen LogP) is 13.8. The second-order valence-electron chi connectivity index (χ2n) is 24.9. The van der Waals surface area contributed by atoms with Gasteiger partial charge in [-0.15, -0.1) is 0 Å². The third-order valence-electron chi connectivity index (χ3n) is 17.0. The molecule has 0 bridgehead atoms. The maximum absolute atomic E-state index is 8.65. The van der Waals surface area contributed by atoms with Crippen molar-refractivity contribution >= 4 is 97.5 Å². The van der Waals surface area contributed by atoms with E-state index in [0.717, 1.165) is 15.7 Å². The summed E-state index contributed by atoms with van der Waals surface area (Å²) in [6.07, 6.45) is 0. The van der Waals surface area contributed by atoms with Gasteiger partial charge < -0.3 is 21.5 Å². The van der Waals surface area contributed by atoms with Gasteiger partial charge in [-0.1, -0.05) is 305 Å². The third kappa shape index (κ3) is 14.7. The average Bonchev–Trinajstić information content (AvgIpc) is 0.773. The summed E-state index contributed by atoms with van der Waals surface area (Å²) in [6.45, 7) is 27.2. The Balaban J connectivity index is 0.000000194. The molecule has 0 unspecified atom stereocenters. The molecule has 0 saturated carbocycles. The zero-order chi connectivity index (χ0) is 61.9. The van der Waals surface area contributed by atoms with Crippen LogP contribution in [-0.4, -0.2) is 33.3 Å². The van der Waals surface area contributed by atoms with Crippen LogP contribution in [0.3, 0.4) is 0 Å². The second-order valence-corrected chi connectivity index (χ2v) is 33.5. The van der Waals surface area contributed by atoms with Gasteiger partial charge in [0, 0.05) is 15.8 Å². The maximum atomic E-state index is 8.65. The fraction of sp³-hybridized carbons (Fsp3) is 0.231. The molecular weight excluding hydrogens is 1140 g/mol. The molecule has 10 aromatic carbocycles. The molecule has 0 saturated heterocycles. The Morgan fingerprint density at radius 1 is 0.291 bits per heavy atom. The molecule has 440 valence electrons. The summed E-state index contributed by atoms with van der Waals surface area (Å²) in [5.41, 5.74) is 23.9. The lowest BCUT2D eigenvalue weighted by molar-refractivity contribution is 0.426. The van der Waals surface area contributed by atoms with Gasteiger partial charge in [-0.2, -0.15) is 0 Å². The van der Waals surface area contributed by atoms with Gasteiger partial charge in [0.15, 0.2) is 16.1 Å². The highest BCUT2D eigenvalue weighted by atomic mass is 79.9. The first-order valence-electron chi connectivity index (χ1n) is 30.7. The van der Waals surface area contributed by atoms with Crippen LogP contribution in [0.4, 0.5) is 11.4 Å². The van der Waals surface area contributed by atoms with Gasteiger partial charge in [-0.25, -0.2) is 0 Å². The van der Waals surface area contributed by atoms with E-state index in [9.17, 15) is 0 Å². The minimum absolute atomic E-state index is 0.417. The molecule has 8 heteroatoms. The van der Waals surface area contributed by atoms with E-state index in [1.807, 2.05) is 12.1 Å². The van der Waals surface area contributed by atoms with Crippen molar-refractivity contribution in [1.82, 2.24) is 0 Å². The Labute approximate surface area is 525 Å². The quantitative estimate of drug-likeness (QED) is 0.0441. The molecule has 10 aromatic rings. The van der Waals surface area contributed by atoms with Crippen LogP contribution in [-0.2, 0) is 0 Å². The topological polar surface area (TPSA) is 92.5 Å². The molecule has 0 aliphatic rings. The van der Waals surface area contributed by atoms with Crippen LogP contribution in [0.5, 0.6) is 0 Å². The average molecular weight is 1230 g/mol. The first-order chi connectivity index (χ1) is 41.1. The smallest absolute Gasteiger partial charge is 0.423 e. The summed E-state index contributed by atoms with van der Waals surface area (Å²) in [6, 6.07) is 89.8. The number of rotatable bonds is 16. The molecular formula is C78H88BBrN2O2Si2. The standard InChI is InChI=1S/C39H43NSi.C33H37BrSi.C6H8BNO2/c1-27(2)30-13-19-36(20-14-30)41(37-21-15-31(16-22-37)28(3)4,38-23-17-32(18-24-38)29(5)6)39-12-8-10-34(26-39)33-9-7-11-35(40)25-33;1-23(2)26-10-16-30(17-11-26)35(33-9-7-8-29(34)22-33,31-18-12-27(13-19-31)24(3)4)32-20-14-28(15-21-32)25(5)6;8-6-3-1-2-5(4-6)7(9)10/h7-29H,40H2,1-6H3;7-25H,1-6H3;1-4,9-10H,8H2. The zero-order valence-corrected chi connectivity index (χ0v) is 56.1. The molecule has 10 rings (SSSR count). The summed E-state index contributed by atoms with van der Waals surface area (Å²) in [4.78, 5) is 0. The van der Waals surface area contributed by atoms with E-state index in [2.05, 4.69) is 305 Å². The van der Waals surface area contributed by atoms with Gasteiger partial charge in [-0.3, -0.25) is 0 Å². The van der Waals surface area contributed by atoms with E-state index in [0.29, 0.717) is 46.7 Å². The lowest BCUT2D eigenvalue weighted by atomic mass is 9.80. The minimum atomic E-state index is -2.68. The maximum Gasteiger partial charge on any atom is 0.488 e. The number of benzene rings is 10. The van der Waals surface area contributed by atoms with E-state index >= 15 is 0 Å². The van der Waals surface area contributed by atoms with Crippen LogP contribution in [0.15, 0.2) is 247 Å². The van der Waals surface area contributed by atoms with Gasteiger partial charge in [-0.05, 0) is 163 Å². The molecule has 0 radical (unpaired) electrons. The van der Waals surface area contributed by atoms with Crippen molar-refractivity contribution in [2.75, 3.05) is 11.5 Å². The van der Waals surface area contributed by atoms with Crippen LogP contribution >= 0.6 is 15.9 Å². The highest BCUT2D eigenvalue weighted by molar-refractivity contribution is 9.10. The number of halogens is 1. The van der Waals surface area contributed by atoms with Gasteiger partial charge in [0.25, 0.3) is 0 Å². The van der Waals surface area contributed by atoms with Gasteiger partial charge in [0.1, 0.15) is 0 Å². The number of hydrogen-bond acceptors (Lipinski definition) is 4. The van der Waals surface area contributed by atoms with E-state index in [1.54, 1.807) is 18.2 Å². The molecule has 0 spiro atoms. The zero-order valence-electron chi connectivity index (χ0n) is 52.6. The molecule has 0 aliphatic heterocycles. The van der Waals surface area contributed by atoms with Gasteiger partial charge >= 0.3 is 7.12 Å². The predicted molar refractivity (Wildman–Crippen MR) is 383 cm³/mol. The lowest BCUT2D eigenvalue weighted by Gasteiger charge is -2.35.